The maximum absolute atomic E-state index is 13.5. The number of aromatic nitrogens is 1. The molecule has 0 fully saturated rings. The van der Waals surface area contributed by atoms with Crippen molar-refractivity contribution in [2.45, 2.75) is 6.54 Å². The van der Waals surface area contributed by atoms with Gasteiger partial charge in [-0.25, -0.2) is 4.39 Å². The van der Waals surface area contributed by atoms with Crippen LogP contribution in [0.2, 0.25) is 0 Å². The topological polar surface area (TPSA) is 22.0 Å². The van der Waals surface area contributed by atoms with Gasteiger partial charge < -0.3 is 4.57 Å². The molecule has 0 saturated heterocycles. The quantitative estimate of drug-likeness (QED) is 0.802. The molecule has 2 rings (SSSR count). The van der Waals surface area contributed by atoms with Crippen molar-refractivity contribution >= 4 is 31.9 Å². The van der Waals surface area contributed by atoms with E-state index in [0.717, 1.165) is 8.95 Å². The fraction of sp³-hybridized carbons (Fsp3) is 0.0833. The summed E-state index contributed by atoms with van der Waals surface area (Å²) in [5.41, 5.74) is 0.312. The third-order valence-corrected chi connectivity index (χ3v) is 3.26. The average Bonchev–Trinajstić information content (AvgIpc) is 2.28. The van der Waals surface area contributed by atoms with Gasteiger partial charge in [0.25, 0.3) is 5.56 Å². The van der Waals surface area contributed by atoms with Crippen LogP contribution in [-0.4, -0.2) is 4.57 Å². The fourth-order valence-corrected chi connectivity index (χ4v) is 2.26. The Morgan fingerprint density at radius 2 is 1.82 bits per heavy atom. The summed E-state index contributed by atoms with van der Waals surface area (Å²) in [7, 11) is 0. The van der Waals surface area contributed by atoms with Gasteiger partial charge in [-0.1, -0.05) is 15.9 Å². The molecule has 0 aliphatic heterocycles. The van der Waals surface area contributed by atoms with E-state index in [-0.39, 0.29) is 17.9 Å². The smallest absolute Gasteiger partial charge is 0.250 e. The van der Waals surface area contributed by atoms with Crippen molar-refractivity contribution in [3.8, 4) is 0 Å². The summed E-state index contributed by atoms with van der Waals surface area (Å²) < 4.78 is 16.6. The first kappa shape index (κ1) is 12.5. The summed E-state index contributed by atoms with van der Waals surface area (Å²) in [4.78, 5) is 11.6. The van der Waals surface area contributed by atoms with Crippen LogP contribution < -0.4 is 5.56 Å². The van der Waals surface area contributed by atoms with Crippen molar-refractivity contribution in [3.63, 3.8) is 0 Å². The van der Waals surface area contributed by atoms with E-state index in [2.05, 4.69) is 31.9 Å². The van der Waals surface area contributed by atoms with Crippen LogP contribution >= 0.6 is 31.9 Å². The number of benzene rings is 1. The molecule has 1 aromatic heterocycles. The molecule has 2 nitrogen and oxygen atoms in total. The second kappa shape index (κ2) is 5.14. The molecule has 0 unspecified atom stereocenters. The number of nitrogens with zero attached hydrogens (tertiary/aromatic N) is 1. The Bertz CT molecular complexity index is 610. The van der Waals surface area contributed by atoms with Crippen LogP contribution in [0.3, 0.4) is 0 Å². The molecule has 0 saturated carbocycles. The zero-order chi connectivity index (χ0) is 12.4. The van der Waals surface area contributed by atoms with Gasteiger partial charge in [0.1, 0.15) is 5.82 Å². The maximum Gasteiger partial charge on any atom is 0.250 e. The number of pyridine rings is 1. The van der Waals surface area contributed by atoms with Gasteiger partial charge in [0.05, 0.1) is 6.54 Å². The molecular formula is C12H8Br2FNO. The van der Waals surface area contributed by atoms with Crippen LogP contribution in [0.1, 0.15) is 5.56 Å². The fourth-order valence-electron chi connectivity index (χ4n) is 1.47. The van der Waals surface area contributed by atoms with E-state index >= 15 is 0 Å². The van der Waals surface area contributed by atoms with Crippen LogP contribution in [0.4, 0.5) is 4.39 Å². The Morgan fingerprint density at radius 3 is 2.59 bits per heavy atom. The SMILES string of the molecule is O=c1ccc(Br)cn1Cc1cc(Br)ccc1F. The van der Waals surface area contributed by atoms with Gasteiger partial charge in [0.15, 0.2) is 0 Å². The average molecular weight is 361 g/mol. The molecule has 17 heavy (non-hydrogen) atoms. The molecule has 0 atom stereocenters. The number of rotatable bonds is 2. The van der Waals surface area contributed by atoms with Crippen molar-refractivity contribution in [1.82, 2.24) is 4.57 Å². The van der Waals surface area contributed by atoms with E-state index in [1.54, 1.807) is 24.4 Å². The molecule has 0 spiro atoms. The lowest BCUT2D eigenvalue weighted by Gasteiger charge is -2.07. The number of hydrogen-bond acceptors (Lipinski definition) is 1. The Morgan fingerprint density at radius 1 is 1.12 bits per heavy atom. The van der Waals surface area contributed by atoms with Crippen molar-refractivity contribution in [2.24, 2.45) is 0 Å². The van der Waals surface area contributed by atoms with Gasteiger partial charge in [0, 0.05) is 26.8 Å². The van der Waals surface area contributed by atoms with Gasteiger partial charge in [-0.2, -0.15) is 0 Å². The Kier molecular flexibility index (Phi) is 3.79. The number of halogens is 3. The predicted molar refractivity (Wildman–Crippen MR) is 71.6 cm³/mol. The zero-order valence-corrected chi connectivity index (χ0v) is 11.8. The van der Waals surface area contributed by atoms with E-state index in [1.807, 2.05) is 0 Å². The largest absolute Gasteiger partial charge is 0.310 e. The second-order valence-electron chi connectivity index (χ2n) is 3.55. The van der Waals surface area contributed by atoms with Crippen molar-refractivity contribution in [2.75, 3.05) is 0 Å². The highest BCUT2D eigenvalue weighted by Crippen LogP contribution is 2.16. The minimum atomic E-state index is -0.319. The Balaban J connectivity index is 2.41. The molecule has 0 aliphatic carbocycles. The highest BCUT2D eigenvalue weighted by Gasteiger charge is 2.05. The van der Waals surface area contributed by atoms with Gasteiger partial charge in [-0.15, -0.1) is 0 Å². The maximum atomic E-state index is 13.5. The van der Waals surface area contributed by atoms with Crippen LogP contribution in [0.15, 0.2) is 50.3 Å². The molecule has 2 aromatic rings. The van der Waals surface area contributed by atoms with Gasteiger partial charge in [-0.3, -0.25) is 4.79 Å². The Labute approximate surface area is 114 Å². The van der Waals surface area contributed by atoms with E-state index in [4.69, 9.17) is 0 Å². The standard InChI is InChI=1S/C12H8Br2FNO/c13-9-1-3-11(15)8(5-9)6-16-7-10(14)2-4-12(16)17/h1-5,7H,6H2. The highest BCUT2D eigenvalue weighted by molar-refractivity contribution is 9.10. The summed E-state index contributed by atoms with van der Waals surface area (Å²) >= 11 is 6.56. The summed E-state index contributed by atoms with van der Waals surface area (Å²) in [6.45, 7) is 0.212. The van der Waals surface area contributed by atoms with E-state index < -0.39 is 0 Å². The second-order valence-corrected chi connectivity index (χ2v) is 5.38. The van der Waals surface area contributed by atoms with Crippen LogP contribution in [0.25, 0.3) is 0 Å². The zero-order valence-electron chi connectivity index (χ0n) is 8.66. The van der Waals surface area contributed by atoms with Crippen LogP contribution in [-0.2, 0) is 6.54 Å². The molecule has 88 valence electrons. The predicted octanol–water partition coefficient (Wildman–Crippen LogP) is 3.56. The molecule has 0 amide bonds. The lowest BCUT2D eigenvalue weighted by Crippen LogP contribution is -2.19. The highest BCUT2D eigenvalue weighted by atomic mass is 79.9. The molecule has 0 aliphatic rings. The first-order valence-corrected chi connectivity index (χ1v) is 6.45. The molecular weight excluding hydrogens is 353 g/mol. The van der Waals surface area contributed by atoms with E-state index in [0.29, 0.717) is 5.56 Å². The third-order valence-electron chi connectivity index (χ3n) is 2.30. The molecule has 1 aromatic carbocycles. The van der Waals surface area contributed by atoms with E-state index in [9.17, 15) is 9.18 Å². The normalized spacial score (nSPS) is 10.5. The molecule has 1 heterocycles. The van der Waals surface area contributed by atoms with Crippen LogP contribution in [0.5, 0.6) is 0 Å². The Hall–Kier alpha value is -0.940. The monoisotopic (exact) mass is 359 g/mol. The van der Waals surface area contributed by atoms with Crippen molar-refractivity contribution < 1.29 is 4.39 Å². The van der Waals surface area contributed by atoms with Gasteiger partial charge in [-0.05, 0) is 40.2 Å². The summed E-state index contributed by atoms with van der Waals surface area (Å²) in [6, 6.07) is 7.78. The minimum absolute atomic E-state index is 0.160. The van der Waals surface area contributed by atoms with E-state index in [1.165, 1.54) is 16.7 Å². The third kappa shape index (κ3) is 3.04. The lowest BCUT2D eigenvalue weighted by molar-refractivity contribution is 0.595. The minimum Gasteiger partial charge on any atom is -0.310 e. The molecule has 0 N–H and O–H groups in total. The first-order chi connectivity index (χ1) is 8.06. The summed E-state index contributed by atoms with van der Waals surface area (Å²) in [6.07, 6.45) is 1.64. The molecule has 0 radical (unpaired) electrons. The molecule has 0 bridgehead atoms. The van der Waals surface area contributed by atoms with Gasteiger partial charge >= 0.3 is 0 Å². The summed E-state index contributed by atoms with van der Waals surface area (Å²) in [5.74, 6) is -0.319. The molecule has 5 heteroatoms. The van der Waals surface area contributed by atoms with Crippen molar-refractivity contribution in [3.05, 3.63) is 67.2 Å². The number of hydrogen-bond donors (Lipinski definition) is 0. The van der Waals surface area contributed by atoms with Crippen LogP contribution in [0, 0.1) is 5.82 Å². The first-order valence-electron chi connectivity index (χ1n) is 4.86. The van der Waals surface area contributed by atoms with Crippen molar-refractivity contribution in [1.29, 1.82) is 0 Å². The lowest BCUT2D eigenvalue weighted by atomic mass is 10.2. The summed E-state index contributed by atoms with van der Waals surface area (Å²) in [5, 5.41) is 0. The van der Waals surface area contributed by atoms with Gasteiger partial charge in [0.2, 0.25) is 0 Å².